The van der Waals surface area contributed by atoms with Crippen molar-refractivity contribution in [1.82, 2.24) is 4.90 Å². The van der Waals surface area contributed by atoms with E-state index in [1.807, 2.05) is 12.1 Å². The van der Waals surface area contributed by atoms with Crippen LogP contribution < -0.4 is 4.90 Å². The first-order chi connectivity index (χ1) is 12.1. The molecule has 0 atom stereocenters. The molecule has 1 fully saturated rings. The second-order valence-electron chi connectivity index (χ2n) is 6.75. The van der Waals surface area contributed by atoms with Crippen LogP contribution in [-0.4, -0.2) is 41.6 Å². The molecule has 1 aliphatic heterocycles. The lowest BCUT2D eigenvalue weighted by molar-refractivity contribution is -0.137. The minimum Gasteiger partial charge on any atom is -0.481 e. The van der Waals surface area contributed by atoms with Crippen molar-refractivity contribution in [3.63, 3.8) is 0 Å². The normalized spacial score (nSPS) is 14.4. The van der Waals surface area contributed by atoms with E-state index < -0.39 is 5.97 Å². The summed E-state index contributed by atoms with van der Waals surface area (Å²) < 4.78 is 0. The fourth-order valence-corrected chi connectivity index (χ4v) is 3.21. The molecular formula is C20H30N2O3. The third-order valence-electron chi connectivity index (χ3n) is 4.76. The second-order valence-corrected chi connectivity index (χ2v) is 6.75. The molecule has 0 aromatic heterocycles. The number of anilines is 1. The Balaban J connectivity index is 1.78. The first-order valence-corrected chi connectivity index (χ1v) is 9.49. The number of unbranched alkanes of at least 4 members (excludes halogenated alkanes) is 5. The maximum Gasteiger partial charge on any atom is 0.324 e. The largest absolute Gasteiger partial charge is 0.481 e. The van der Waals surface area contributed by atoms with Gasteiger partial charge in [0, 0.05) is 25.3 Å². The first kappa shape index (κ1) is 19.3. The molecule has 0 bridgehead atoms. The van der Waals surface area contributed by atoms with Crippen LogP contribution in [0, 0.1) is 0 Å². The number of hydrogen-bond donors (Lipinski definition) is 1. The van der Waals surface area contributed by atoms with E-state index in [0.717, 1.165) is 12.1 Å². The van der Waals surface area contributed by atoms with Gasteiger partial charge in [0.05, 0.1) is 6.42 Å². The van der Waals surface area contributed by atoms with Crippen LogP contribution in [0.5, 0.6) is 0 Å². The molecule has 25 heavy (non-hydrogen) atoms. The van der Waals surface area contributed by atoms with Gasteiger partial charge >= 0.3 is 12.0 Å². The quantitative estimate of drug-likeness (QED) is 0.608. The minimum atomic E-state index is -0.870. The van der Waals surface area contributed by atoms with E-state index in [1.165, 1.54) is 44.1 Å². The van der Waals surface area contributed by atoms with Crippen molar-refractivity contribution < 1.29 is 14.7 Å². The molecule has 138 valence electrons. The monoisotopic (exact) mass is 346 g/mol. The predicted octanol–water partition coefficient (Wildman–Crippen LogP) is 4.31. The third-order valence-corrected chi connectivity index (χ3v) is 4.76. The van der Waals surface area contributed by atoms with E-state index in [1.54, 1.807) is 9.80 Å². The number of benzene rings is 1. The topological polar surface area (TPSA) is 60.9 Å². The summed E-state index contributed by atoms with van der Waals surface area (Å²) in [6.07, 6.45) is 8.86. The molecule has 5 heteroatoms. The Hall–Kier alpha value is -2.04. The Labute approximate surface area is 150 Å². The van der Waals surface area contributed by atoms with Crippen LogP contribution in [0.2, 0.25) is 0 Å². The molecule has 1 aromatic carbocycles. The summed E-state index contributed by atoms with van der Waals surface area (Å²) in [6.45, 7) is 3.72. The van der Waals surface area contributed by atoms with Crippen molar-refractivity contribution in [3.8, 4) is 0 Å². The number of aryl methyl sites for hydroxylation is 1. The van der Waals surface area contributed by atoms with E-state index in [9.17, 15) is 9.59 Å². The number of carbonyl (C=O) groups excluding carboxylic acids is 1. The molecule has 0 spiro atoms. The van der Waals surface area contributed by atoms with Gasteiger partial charge in [-0.15, -0.1) is 0 Å². The molecule has 5 nitrogen and oxygen atoms in total. The van der Waals surface area contributed by atoms with Gasteiger partial charge in [-0.3, -0.25) is 9.69 Å². The number of carboxylic acids is 1. The Kier molecular flexibility index (Phi) is 7.76. The maximum atomic E-state index is 12.4. The summed E-state index contributed by atoms with van der Waals surface area (Å²) in [7, 11) is 0. The fraction of sp³-hybridized carbons (Fsp3) is 0.600. The maximum absolute atomic E-state index is 12.4. The Morgan fingerprint density at radius 3 is 2.40 bits per heavy atom. The highest BCUT2D eigenvalue weighted by molar-refractivity contribution is 5.94. The van der Waals surface area contributed by atoms with Gasteiger partial charge in [0.1, 0.15) is 0 Å². The molecule has 0 unspecified atom stereocenters. The zero-order chi connectivity index (χ0) is 18.1. The van der Waals surface area contributed by atoms with Crippen molar-refractivity contribution in [2.24, 2.45) is 0 Å². The van der Waals surface area contributed by atoms with E-state index in [-0.39, 0.29) is 19.0 Å². The van der Waals surface area contributed by atoms with Crippen LogP contribution in [-0.2, 0) is 11.2 Å². The lowest BCUT2D eigenvalue weighted by atomic mass is 10.0. The van der Waals surface area contributed by atoms with E-state index in [2.05, 4.69) is 19.1 Å². The number of urea groups is 1. The molecule has 0 saturated carbocycles. The van der Waals surface area contributed by atoms with Crippen molar-refractivity contribution in [2.45, 2.75) is 58.3 Å². The fourth-order valence-electron chi connectivity index (χ4n) is 3.21. The van der Waals surface area contributed by atoms with Crippen molar-refractivity contribution >= 4 is 17.7 Å². The number of hydrogen-bond acceptors (Lipinski definition) is 2. The average molecular weight is 346 g/mol. The van der Waals surface area contributed by atoms with Crippen molar-refractivity contribution in [1.29, 1.82) is 0 Å². The van der Waals surface area contributed by atoms with E-state index in [0.29, 0.717) is 13.1 Å². The van der Waals surface area contributed by atoms with Crippen LogP contribution >= 0.6 is 0 Å². The number of carboxylic acid groups (broad SMARTS) is 1. The molecule has 1 saturated heterocycles. The van der Waals surface area contributed by atoms with Crippen LogP contribution in [0.4, 0.5) is 10.5 Å². The zero-order valence-electron chi connectivity index (χ0n) is 15.2. The summed E-state index contributed by atoms with van der Waals surface area (Å²) in [5, 5.41) is 8.75. The van der Waals surface area contributed by atoms with Gasteiger partial charge < -0.3 is 10.0 Å². The van der Waals surface area contributed by atoms with E-state index >= 15 is 0 Å². The molecule has 2 amide bonds. The zero-order valence-corrected chi connectivity index (χ0v) is 15.2. The Morgan fingerprint density at radius 1 is 1.04 bits per heavy atom. The molecular weight excluding hydrogens is 316 g/mol. The molecule has 1 aromatic rings. The SMILES string of the molecule is CCCCCCCCc1ccc(N2CCN(CCC(=O)O)C2=O)cc1. The second kappa shape index (κ2) is 10.1. The average Bonchev–Trinajstić information content (AvgIpc) is 2.97. The van der Waals surface area contributed by atoms with Gasteiger partial charge in [-0.25, -0.2) is 4.79 Å². The summed E-state index contributed by atoms with van der Waals surface area (Å²) >= 11 is 0. The number of nitrogens with zero attached hydrogens (tertiary/aromatic N) is 2. The van der Waals surface area contributed by atoms with Crippen LogP contribution in [0.1, 0.15) is 57.4 Å². The number of amides is 2. The van der Waals surface area contributed by atoms with Gasteiger partial charge in [0.2, 0.25) is 0 Å². The van der Waals surface area contributed by atoms with Gasteiger partial charge in [-0.1, -0.05) is 51.2 Å². The lowest BCUT2D eigenvalue weighted by Gasteiger charge is -2.18. The third kappa shape index (κ3) is 6.07. The molecule has 1 N–H and O–H groups in total. The Bertz CT molecular complexity index is 557. The smallest absolute Gasteiger partial charge is 0.324 e. The highest BCUT2D eigenvalue weighted by atomic mass is 16.4. The van der Waals surface area contributed by atoms with E-state index in [4.69, 9.17) is 5.11 Å². The van der Waals surface area contributed by atoms with Gasteiger partial charge in [-0.2, -0.15) is 0 Å². The van der Waals surface area contributed by atoms with Crippen molar-refractivity contribution in [2.75, 3.05) is 24.5 Å². The molecule has 2 rings (SSSR count). The number of aliphatic carboxylic acids is 1. The van der Waals surface area contributed by atoms with Gasteiger partial charge in [0.25, 0.3) is 0 Å². The van der Waals surface area contributed by atoms with Crippen LogP contribution in [0.25, 0.3) is 0 Å². The highest BCUT2D eigenvalue weighted by Crippen LogP contribution is 2.22. The molecule has 0 radical (unpaired) electrons. The lowest BCUT2D eigenvalue weighted by Crippen LogP contribution is -2.33. The molecule has 1 heterocycles. The van der Waals surface area contributed by atoms with Crippen molar-refractivity contribution in [3.05, 3.63) is 29.8 Å². The van der Waals surface area contributed by atoms with Crippen LogP contribution in [0.3, 0.4) is 0 Å². The number of rotatable bonds is 11. The van der Waals surface area contributed by atoms with Gasteiger partial charge in [-0.05, 0) is 30.5 Å². The standard InChI is InChI=1S/C20H30N2O3/c1-2-3-4-5-6-7-8-17-9-11-18(12-10-17)22-16-15-21(20(22)25)14-13-19(23)24/h9-12H,2-8,13-16H2,1H3,(H,23,24). The van der Waals surface area contributed by atoms with Crippen LogP contribution in [0.15, 0.2) is 24.3 Å². The highest BCUT2D eigenvalue weighted by Gasteiger charge is 2.29. The Morgan fingerprint density at radius 2 is 1.72 bits per heavy atom. The minimum absolute atomic E-state index is 0.00320. The summed E-state index contributed by atoms with van der Waals surface area (Å²) in [5.74, 6) is -0.870. The number of carbonyl (C=O) groups is 2. The van der Waals surface area contributed by atoms with Gasteiger partial charge in [0.15, 0.2) is 0 Å². The summed E-state index contributed by atoms with van der Waals surface area (Å²) in [5.41, 5.74) is 2.21. The molecule has 1 aliphatic rings. The summed E-state index contributed by atoms with van der Waals surface area (Å²) in [6, 6.07) is 8.13. The molecule has 0 aliphatic carbocycles. The predicted molar refractivity (Wildman–Crippen MR) is 100 cm³/mol. The first-order valence-electron chi connectivity index (χ1n) is 9.49. The summed E-state index contributed by atoms with van der Waals surface area (Å²) in [4.78, 5) is 26.4.